The quantitative estimate of drug-likeness (QED) is 0.490. The molecule has 0 bridgehead atoms. The van der Waals surface area contributed by atoms with Crippen LogP contribution in [-0.4, -0.2) is 40.4 Å². The third-order valence-corrected chi connectivity index (χ3v) is 7.36. The maximum absolute atomic E-state index is 14.3. The highest BCUT2D eigenvalue weighted by atomic mass is 32.2. The number of benzene rings is 2. The summed E-state index contributed by atoms with van der Waals surface area (Å²) < 4.78 is 16.1. The van der Waals surface area contributed by atoms with Crippen molar-refractivity contribution in [2.24, 2.45) is 0 Å². The first-order valence-corrected chi connectivity index (χ1v) is 13.3. The van der Waals surface area contributed by atoms with Crippen molar-refractivity contribution >= 4 is 29.4 Å². The second-order valence-corrected chi connectivity index (χ2v) is 11.3. The molecular formula is C28H33FN4O2S. The van der Waals surface area contributed by atoms with Crippen molar-refractivity contribution < 1.29 is 14.0 Å². The number of anilines is 1. The van der Waals surface area contributed by atoms with Gasteiger partial charge >= 0.3 is 0 Å². The van der Waals surface area contributed by atoms with Crippen molar-refractivity contribution in [3.8, 4) is 5.69 Å². The van der Waals surface area contributed by atoms with Crippen LogP contribution >= 0.6 is 11.8 Å². The van der Waals surface area contributed by atoms with E-state index in [0.717, 1.165) is 34.5 Å². The van der Waals surface area contributed by atoms with Crippen LogP contribution in [0.5, 0.6) is 0 Å². The van der Waals surface area contributed by atoms with Crippen molar-refractivity contribution in [2.75, 3.05) is 23.7 Å². The molecule has 0 spiro atoms. The molecule has 8 heteroatoms. The van der Waals surface area contributed by atoms with E-state index in [1.165, 1.54) is 23.9 Å². The van der Waals surface area contributed by atoms with Crippen molar-refractivity contribution in [1.29, 1.82) is 0 Å². The van der Waals surface area contributed by atoms with Gasteiger partial charge in [0.2, 0.25) is 11.8 Å². The Morgan fingerprint density at radius 2 is 1.92 bits per heavy atom. The first kappa shape index (κ1) is 25.9. The van der Waals surface area contributed by atoms with Gasteiger partial charge in [-0.25, -0.2) is 9.07 Å². The topological polar surface area (TPSA) is 67.2 Å². The van der Waals surface area contributed by atoms with E-state index in [9.17, 15) is 14.0 Å². The molecule has 2 heterocycles. The SMILES string of the molecule is CCCNC(=O)CN1C(=O)CS[C@H](c2cccc(F)c2)c2c(C(C)(C)C)nn(-c3ccc(C)cc3)c21. The minimum atomic E-state index is -0.365. The zero-order valence-corrected chi connectivity index (χ0v) is 22.3. The average molecular weight is 509 g/mol. The molecular weight excluding hydrogens is 475 g/mol. The lowest BCUT2D eigenvalue weighted by Gasteiger charge is -2.24. The summed E-state index contributed by atoms with van der Waals surface area (Å²) in [7, 11) is 0. The van der Waals surface area contributed by atoms with Gasteiger partial charge in [0.1, 0.15) is 18.2 Å². The molecule has 0 saturated carbocycles. The van der Waals surface area contributed by atoms with Crippen LogP contribution in [0, 0.1) is 12.7 Å². The number of hydrogen-bond acceptors (Lipinski definition) is 4. The van der Waals surface area contributed by atoms with Crippen LogP contribution in [0.4, 0.5) is 10.2 Å². The molecule has 0 radical (unpaired) electrons. The highest BCUT2D eigenvalue weighted by Gasteiger charge is 2.40. The highest BCUT2D eigenvalue weighted by molar-refractivity contribution is 8.00. The van der Waals surface area contributed by atoms with E-state index in [1.54, 1.807) is 15.6 Å². The second-order valence-electron chi connectivity index (χ2n) is 10.2. The molecule has 36 heavy (non-hydrogen) atoms. The van der Waals surface area contributed by atoms with Crippen LogP contribution in [0.2, 0.25) is 0 Å². The fraction of sp³-hybridized carbons (Fsp3) is 0.393. The van der Waals surface area contributed by atoms with Gasteiger partial charge in [-0.3, -0.25) is 14.5 Å². The summed E-state index contributed by atoms with van der Waals surface area (Å²) in [6, 6.07) is 14.4. The Morgan fingerprint density at radius 3 is 2.56 bits per heavy atom. The number of halogens is 1. The number of fused-ring (bicyclic) bond motifs is 1. The summed E-state index contributed by atoms with van der Waals surface area (Å²) in [4.78, 5) is 27.9. The summed E-state index contributed by atoms with van der Waals surface area (Å²) in [5.74, 6) is -0.00205. The summed E-state index contributed by atoms with van der Waals surface area (Å²) in [5, 5.41) is 7.61. The van der Waals surface area contributed by atoms with Gasteiger partial charge in [0, 0.05) is 17.5 Å². The Morgan fingerprint density at radius 1 is 1.19 bits per heavy atom. The van der Waals surface area contributed by atoms with Crippen molar-refractivity contribution in [1.82, 2.24) is 15.1 Å². The lowest BCUT2D eigenvalue weighted by atomic mass is 9.87. The molecule has 0 unspecified atom stereocenters. The number of thioether (sulfide) groups is 1. The molecule has 2 amide bonds. The molecule has 0 saturated heterocycles. The van der Waals surface area contributed by atoms with Gasteiger partial charge in [0.25, 0.3) is 0 Å². The van der Waals surface area contributed by atoms with Gasteiger partial charge in [0.15, 0.2) is 0 Å². The predicted molar refractivity (Wildman–Crippen MR) is 143 cm³/mol. The van der Waals surface area contributed by atoms with Crippen LogP contribution in [-0.2, 0) is 15.0 Å². The number of nitrogens with one attached hydrogen (secondary N) is 1. The summed E-state index contributed by atoms with van der Waals surface area (Å²) >= 11 is 1.44. The number of carbonyl (C=O) groups is 2. The van der Waals surface area contributed by atoms with Gasteiger partial charge in [-0.1, -0.05) is 57.5 Å². The van der Waals surface area contributed by atoms with Crippen LogP contribution < -0.4 is 10.2 Å². The van der Waals surface area contributed by atoms with E-state index >= 15 is 0 Å². The molecule has 1 aromatic heterocycles. The minimum Gasteiger partial charge on any atom is -0.355 e. The smallest absolute Gasteiger partial charge is 0.240 e. The fourth-order valence-corrected chi connectivity index (χ4v) is 5.52. The normalized spacial score (nSPS) is 16.0. The van der Waals surface area contributed by atoms with Gasteiger partial charge in [-0.15, -0.1) is 11.8 Å². The van der Waals surface area contributed by atoms with Gasteiger partial charge < -0.3 is 5.32 Å². The Bertz CT molecular complexity index is 1260. The molecule has 0 aliphatic carbocycles. The van der Waals surface area contributed by atoms with E-state index in [-0.39, 0.29) is 40.6 Å². The monoisotopic (exact) mass is 508 g/mol. The Hall–Kier alpha value is -3.13. The third kappa shape index (κ3) is 5.33. The first-order chi connectivity index (χ1) is 17.1. The molecule has 1 aliphatic heterocycles. The Balaban J connectivity index is 1.99. The van der Waals surface area contributed by atoms with Crippen LogP contribution in [0.3, 0.4) is 0 Å². The zero-order valence-electron chi connectivity index (χ0n) is 21.5. The molecule has 0 fully saturated rings. The number of aromatic nitrogens is 2. The standard InChI is InChI=1S/C28H33FN4O2S/c1-6-14-30-22(34)16-32-23(35)17-36-25(19-8-7-9-20(29)15-19)24-26(28(3,4)5)31-33(27(24)32)21-12-10-18(2)11-13-21/h7-13,15,25H,6,14,16-17H2,1-5H3,(H,30,34)/t25-/m1/s1. The van der Waals surface area contributed by atoms with Gasteiger partial charge in [-0.05, 0) is 43.2 Å². The number of nitrogens with zero attached hydrogens (tertiary/aromatic N) is 3. The van der Waals surface area contributed by atoms with E-state index in [4.69, 9.17) is 5.10 Å². The molecule has 1 atom stereocenters. The summed E-state index contributed by atoms with van der Waals surface area (Å²) in [5.41, 5.74) is 3.95. The van der Waals surface area contributed by atoms with E-state index in [2.05, 4.69) is 26.1 Å². The Labute approximate surface area is 216 Å². The number of amides is 2. The molecule has 3 aromatic rings. The van der Waals surface area contributed by atoms with Crippen LogP contribution in [0.1, 0.15) is 61.7 Å². The molecule has 4 rings (SSSR count). The largest absolute Gasteiger partial charge is 0.355 e. The summed E-state index contributed by atoms with van der Waals surface area (Å²) in [6.07, 6.45) is 0.803. The lowest BCUT2D eigenvalue weighted by molar-refractivity contribution is -0.122. The van der Waals surface area contributed by atoms with Crippen molar-refractivity contribution in [2.45, 2.75) is 51.7 Å². The highest BCUT2D eigenvalue weighted by Crippen LogP contribution is 2.48. The fourth-order valence-electron chi connectivity index (χ4n) is 4.34. The number of rotatable bonds is 6. The van der Waals surface area contributed by atoms with E-state index in [0.29, 0.717) is 12.4 Å². The third-order valence-electron chi connectivity index (χ3n) is 6.10. The lowest BCUT2D eigenvalue weighted by Crippen LogP contribution is -2.42. The Kier molecular flexibility index (Phi) is 7.54. The molecule has 1 N–H and O–H groups in total. The molecule has 1 aliphatic rings. The van der Waals surface area contributed by atoms with E-state index < -0.39 is 0 Å². The van der Waals surface area contributed by atoms with E-state index in [1.807, 2.05) is 44.2 Å². The maximum atomic E-state index is 14.3. The number of hydrogen-bond donors (Lipinski definition) is 1. The maximum Gasteiger partial charge on any atom is 0.240 e. The number of aryl methyl sites for hydroxylation is 1. The zero-order chi connectivity index (χ0) is 26.0. The first-order valence-electron chi connectivity index (χ1n) is 12.2. The van der Waals surface area contributed by atoms with Crippen molar-refractivity contribution in [3.05, 3.63) is 76.7 Å². The minimum absolute atomic E-state index is 0.108. The molecule has 190 valence electrons. The molecule has 2 aromatic carbocycles. The van der Waals surface area contributed by atoms with Gasteiger partial charge in [0.05, 0.1) is 22.4 Å². The number of carbonyl (C=O) groups excluding carboxylic acids is 2. The molecule has 6 nitrogen and oxygen atoms in total. The van der Waals surface area contributed by atoms with Crippen molar-refractivity contribution in [3.63, 3.8) is 0 Å². The average Bonchev–Trinajstić information content (AvgIpc) is 3.16. The van der Waals surface area contributed by atoms with Crippen LogP contribution in [0.15, 0.2) is 48.5 Å². The van der Waals surface area contributed by atoms with Crippen LogP contribution in [0.25, 0.3) is 5.69 Å². The predicted octanol–water partition coefficient (Wildman–Crippen LogP) is 5.31. The van der Waals surface area contributed by atoms with Gasteiger partial charge in [-0.2, -0.15) is 5.10 Å². The summed E-state index contributed by atoms with van der Waals surface area (Å²) in [6.45, 7) is 10.7. The second kappa shape index (κ2) is 10.5.